The summed E-state index contributed by atoms with van der Waals surface area (Å²) in [6, 6.07) is 10.7. The zero-order chi connectivity index (χ0) is 13.4. The van der Waals surface area contributed by atoms with E-state index in [1.54, 1.807) is 17.7 Å². The summed E-state index contributed by atoms with van der Waals surface area (Å²) in [5, 5.41) is 17.1. The van der Waals surface area contributed by atoms with Crippen LogP contribution >= 0.6 is 0 Å². The van der Waals surface area contributed by atoms with Crippen molar-refractivity contribution in [2.75, 3.05) is 0 Å². The minimum atomic E-state index is -0.986. The Bertz CT molecular complexity index is 779. The van der Waals surface area contributed by atoms with E-state index in [4.69, 9.17) is 5.11 Å². The molecule has 0 spiro atoms. The molecule has 0 atom stereocenters. The Labute approximate surface area is 108 Å². The van der Waals surface area contributed by atoms with Gasteiger partial charge < -0.3 is 5.11 Å². The van der Waals surface area contributed by atoms with Gasteiger partial charge in [0, 0.05) is 0 Å². The number of fused-ring (bicyclic) bond motifs is 1. The van der Waals surface area contributed by atoms with Crippen LogP contribution in [0.1, 0.15) is 16.1 Å². The van der Waals surface area contributed by atoms with E-state index in [1.165, 1.54) is 6.07 Å². The first-order valence-corrected chi connectivity index (χ1v) is 5.68. The molecule has 0 unspecified atom stereocenters. The molecule has 3 rings (SSSR count). The van der Waals surface area contributed by atoms with Gasteiger partial charge in [0.2, 0.25) is 0 Å². The van der Waals surface area contributed by atoms with Crippen LogP contribution in [0.15, 0.2) is 36.4 Å². The SMILES string of the molecule is Cc1nc(-n2nnc3ccccc32)ccc1C(=O)O. The molecule has 0 aliphatic carbocycles. The Morgan fingerprint density at radius 3 is 2.74 bits per heavy atom. The molecule has 94 valence electrons. The zero-order valence-electron chi connectivity index (χ0n) is 10.1. The topological polar surface area (TPSA) is 80.9 Å². The van der Waals surface area contributed by atoms with Gasteiger partial charge in [-0.1, -0.05) is 17.3 Å². The Kier molecular flexibility index (Phi) is 2.49. The van der Waals surface area contributed by atoms with Gasteiger partial charge in [-0.15, -0.1) is 5.10 Å². The van der Waals surface area contributed by atoms with Crippen LogP contribution in [0.25, 0.3) is 16.9 Å². The lowest BCUT2D eigenvalue weighted by Gasteiger charge is -2.04. The van der Waals surface area contributed by atoms with Crippen LogP contribution in [-0.2, 0) is 0 Å². The number of carbonyl (C=O) groups is 1. The standard InChI is InChI=1S/C13H10N4O2/c1-8-9(13(18)19)6-7-12(14-8)17-11-5-3-2-4-10(11)15-16-17/h2-7H,1H3,(H,18,19). The first kappa shape index (κ1) is 11.3. The molecule has 6 heteroatoms. The van der Waals surface area contributed by atoms with E-state index < -0.39 is 5.97 Å². The summed E-state index contributed by atoms with van der Waals surface area (Å²) >= 11 is 0. The van der Waals surface area contributed by atoms with Gasteiger partial charge in [-0.3, -0.25) is 0 Å². The number of carboxylic acid groups (broad SMARTS) is 1. The highest BCUT2D eigenvalue weighted by Gasteiger charge is 2.11. The maximum absolute atomic E-state index is 11.0. The number of para-hydroxylation sites is 1. The highest BCUT2D eigenvalue weighted by Crippen LogP contribution is 2.16. The molecular formula is C13H10N4O2. The Balaban J connectivity index is 2.17. The first-order valence-electron chi connectivity index (χ1n) is 5.68. The monoisotopic (exact) mass is 254 g/mol. The van der Waals surface area contributed by atoms with Crippen molar-refractivity contribution in [2.24, 2.45) is 0 Å². The number of benzene rings is 1. The van der Waals surface area contributed by atoms with Crippen molar-refractivity contribution in [1.82, 2.24) is 20.0 Å². The number of rotatable bonds is 2. The van der Waals surface area contributed by atoms with Crippen molar-refractivity contribution in [1.29, 1.82) is 0 Å². The second-order valence-electron chi connectivity index (χ2n) is 4.10. The quantitative estimate of drug-likeness (QED) is 0.754. The number of aromatic nitrogens is 4. The van der Waals surface area contributed by atoms with Crippen molar-refractivity contribution in [3.05, 3.63) is 47.7 Å². The summed E-state index contributed by atoms with van der Waals surface area (Å²) in [6.45, 7) is 1.66. The molecule has 0 aliphatic rings. The summed E-state index contributed by atoms with van der Waals surface area (Å²) < 4.78 is 1.59. The molecule has 2 aromatic heterocycles. The molecule has 0 amide bonds. The predicted octanol–water partition coefficient (Wildman–Crippen LogP) is 1.82. The molecule has 0 saturated carbocycles. The van der Waals surface area contributed by atoms with Crippen LogP contribution in [0.2, 0.25) is 0 Å². The zero-order valence-corrected chi connectivity index (χ0v) is 10.1. The van der Waals surface area contributed by atoms with E-state index in [-0.39, 0.29) is 5.56 Å². The fraction of sp³-hybridized carbons (Fsp3) is 0.0769. The molecule has 0 radical (unpaired) electrons. The third kappa shape index (κ3) is 1.83. The van der Waals surface area contributed by atoms with Crippen molar-refractivity contribution < 1.29 is 9.90 Å². The number of carboxylic acids is 1. The van der Waals surface area contributed by atoms with Gasteiger partial charge >= 0.3 is 5.97 Å². The maximum Gasteiger partial charge on any atom is 0.337 e. The molecule has 1 aromatic carbocycles. The smallest absolute Gasteiger partial charge is 0.337 e. The summed E-state index contributed by atoms with van der Waals surface area (Å²) in [5.74, 6) is -0.434. The number of pyridine rings is 1. The fourth-order valence-electron chi connectivity index (χ4n) is 1.93. The van der Waals surface area contributed by atoms with E-state index in [1.807, 2.05) is 24.3 Å². The summed E-state index contributed by atoms with van der Waals surface area (Å²) in [4.78, 5) is 15.2. The molecule has 0 saturated heterocycles. The third-order valence-electron chi connectivity index (χ3n) is 2.87. The molecule has 0 bridgehead atoms. The van der Waals surface area contributed by atoms with Gasteiger partial charge in [0.25, 0.3) is 0 Å². The summed E-state index contributed by atoms with van der Waals surface area (Å²) in [5.41, 5.74) is 2.24. The van der Waals surface area contributed by atoms with Crippen LogP contribution in [0.5, 0.6) is 0 Å². The number of hydrogen-bond donors (Lipinski definition) is 1. The minimum Gasteiger partial charge on any atom is -0.478 e. The van der Waals surface area contributed by atoms with E-state index >= 15 is 0 Å². The highest BCUT2D eigenvalue weighted by atomic mass is 16.4. The van der Waals surface area contributed by atoms with Gasteiger partial charge in [0.1, 0.15) is 5.52 Å². The lowest BCUT2D eigenvalue weighted by atomic mass is 10.2. The van der Waals surface area contributed by atoms with Crippen molar-refractivity contribution >= 4 is 17.0 Å². The molecule has 6 nitrogen and oxygen atoms in total. The molecule has 19 heavy (non-hydrogen) atoms. The molecule has 3 aromatic rings. The molecular weight excluding hydrogens is 244 g/mol. The second kappa shape index (κ2) is 4.16. The third-order valence-corrected chi connectivity index (χ3v) is 2.87. The Hall–Kier alpha value is -2.76. The van der Waals surface area contributed by atoms with Gasteiger partial charge in [-0.2, -0.15) is 4.68 Å². The number of hydrogen-bond acceptors (Lipinski definition) is 4. The maximum atomic E-state index is 11.0. The average Bonchev–Trinajstić information content (AvgIpc) is 2.82. The van der Waals surface area contributed by atoms with E-state index in [0.717, 1.165) is 11.0 Å². The summed E-state index contributed by atoms with van der Waals surface area (Å²) in [6.07, 6.45) is 0. The van der Waals surface area contributed by atoms with E-state index in [9.17, 15) is 4.79 Å². The Morgan fingerprint density at radius 2 is 2.00 bits per heavy atom. The van der Waals surface area contributed by atoms with Crippen molar-refractivity contribution in [3.8, 4) is 5.82 Å². The predicted molar refractivity (Wildman–Crippen MR) is 68.4 cm³/mol. The van der Waals surface area contributed by atoms with Crippen LogP contribution in [0.4, 0.5) is 0 Å². The lowest BCUT2D eigenvalue weighted by molar-refractivity contribution is 0.0695. The number of nitrogens with zero attached hydrogens (tertiary/aromatic N) is 4. The lowest BCUT2D eigenvalue weighted by Crippen LogP contribution is -2.06. The molecule has 1 N–H and O–H groups in total. The van der Waals surface area contributed by atoms with Crippen molar-refractivity contribution in [2.45, 2.75) is 6.92 Å². The molecule has 0 aliphatic heterocycles. The largest absolute Gasteiger partial charge is 0.478 e. The fourth-order valence-corrected chi connectivity index (χ4v) is 1.93. The van der Waals surface area contributed by atoms with Crippen LogP contribution in [-0.4, -0.2) is 31.1 Å². The highest BCUT2D eigenvalue weighted by molar-refractivity contribution is 5.89. The molecule has 2 heterocycles. The van der Waals surface area contributed by atoms with Gasteiger partial charge in [0.15, 0.2) is 5.82 Å². The number of aromatic carboxylic acids is 1. The molecule has 0 fully saturated rings. The minimum absolute atomic E-state index is 0.188. The second-order valence-corrected chi connectivity index (χ2v) is 4.10. The Morgan fingerprint density at radius 1 is 1.21 bits per heavy atom. The normalized spacial score (nSPS) is 10.8. The first-order chi connectivity index (χ1) is 9.16. The van der Waals surface area contributed by atoms with E-state index in [0.29, 0.717) is 11.5 Å². The van der Waals surface area contributed by atoms with Crippen LogP contribution < -0.4 is 0 Å². The van der Waals surface area contributed by atoms with Crippen LogP contribution in [0, 0.1) is 6.92 Å². The van der Waals surface area contributed by atoms with Gasteiger partial charge in [-0.25, -0.2) is 9.78 Å². The van der Waals surface area contributed by atoms with Crippen LogP contribution in [0.3, 0.4) is 0 Å². The van der Waals surface area contributed by atoms with Crippen molar-refractivity contribution in [3.63, 3.8) is 0 Å². The van der Waals surface area contributed by atoms with Gasteiger partial charge in [-0.05, 0) is 31.2 Å². The average molecular weight is 254 g/mol. The van der Waals surface area contributed by atoms with Gasteiger partial charge in [0.05, 0.1) is 16.8 Å². The van der Waals surface area contributed by atoms with E-state index in [2.05, 4.69) is 15.3 Å². The summed E-state index contributed by atoms with van der Waals surface area (Å²) in [7, 11) is 0. The number of aryl methyl sites for hydroxylation is 1.